The highest BCUT2D eigenvalue weighted by Crippen LogP contribution is 2.37. The second-order valence-electron chi connectivity index (χ2n) is 6.28. The van der Waals surface area contributed by atoms with Crippen LogP contribution in [-0.2, 0) is 0 Å². The van der Waals surface area contributed by atoms with Crippen molar-refractivity contribution in [2.75, 3.05) is 20.6 Å². The Morgan fingerprint density at radius 1 is 1.45 bits per heavy atom. The zero-order valence-electron chi connectivity index (χ0n) is 12.8. The third-order valence-electron chi connectivity index (χ3n) is 3.64. The van der Waals surface area contributed by atoms with Gasteiger partial charge in [-0.1, -0.05) is 13.8 Å². The number of nitrogens with zero attached hydrogens (tertiary/aromatic N) is 3. The van der Waals surface area contributed by atoms with Crippen molar-refractivity contribution >= 4 is 5.91 Å². The second-order valence-corrected chi connectivity index (χ2v) is 6.28. The standard InChI is InChI=1S/C14H25N5O/c1-9(2)7-11(19(3)4)8-15-14(20)13-16-12(17-18-13)10-5-6-10/h9-11H,5-8H2,1-4H3,(H,15,20)(H,16,17,18). The van der Waals surface area contributed by atoms with Crippen LogP contribution < -0.4 is 5.32 Å². The Bertz CT molecular complexity index is 450. The summed E-state index contributed by atoms with van der Waals surface area (Å²) in [5.74, 6) is 2.00. The molecule has 0 aromatic carbocycles. The molecule has 6 heteroatoms. The zero-order valence-corrected chi connectivity index (χ0v) is 12.8. The topological polar surface area (TPSA) is 73.9 Å². The van der Waals surface area contributed by atoms with Gasteiger partial charge in [-0.25, -0.2) is 4.98 Å². The third-order valence-corrected chi connectivity index (χ3v) is 3.64. The van der Waals surface area contributed by atoms with Gasteiger partial charge < -0.3 is 10.2 Å². The predicted octanol–water partition coefficient (Wildman–Crippen LogP) is 1.39. The lowest BCUT2D eigenvalue weighted by atomic mass is 10.0. The molecule has 1 saturated carbocycles. The first-order valence-electron chi connectivity index (χ1n) is 7.34. The molecular weight excluding hydrogens is 254 g/mol. The predicted molar refractivity (Wildman–Crippen MR) is 77.6 cm³/mol. The molecular formula is C14H25N5O. The number of aromatic amines is 1. The number of likely N-dealkylation sites (N-methyl/N-ethyl adjacent to an activating group) is 1. The molecule has 1 fully saturated rings. The molecule has 2 rings (SSSR count). The summed E-state index contributed by atoms with van der Waals surface area (Å²) in [4.78, 5) is 18.4. The van der Waals surface area contributed by atoms with Crippen LogP contribution in [0.3, 0.4) is 0 Å². The number of aromatic nitrogens is 3. The van der Waals surface area contributed by atoms with E-state index in [1.54, 1.807) is 0 Å². The largest absolute Gasteiger partial charge is 0.348 e. The number of hydrogen-bond donors (Lipinski definition) is 2. The third kappa shape index (κ3) is 4.03. The van der Waals surface area contributed by atoms with Crippen LogP contribution in [0.1, 0.15) is 55.5 Å². The van der Waals surface area contributed by atoms with Crippen molar-refractivity contribution in [3.05, 3.63) is 11.6 Å². The molecule has 0 radical (unpaired) electrons. The van der Waals surface area contributed by atoms with E-state index < -0.39 is 0 Å². The number of rotatable bonds is 7. The highest BCUT2D eigenvalue weighted by molar-refractivity contribution is 5.90. The highest BCUT2D eigenvalue weighted by Gasteiger charge is 2.28. The van der Waals surface area contributed by atoms with E-state index in [2.05, 4.69) is 39.2 Å². The first kappa shape index (κ1) is 15.0. The van der Waals surface area contributed by atoms with Crippen molar-refractivity contribution in [3.63, 3.8) is 0 Å². The summed E-state index contributed by atoms with van der Waals surface area (Å²) in [6.45, 7) is 5.00. The molecule has 0 spiro atoms. The molecule has 0 bridgehead atoms. The summed E-state index contributed by atoms with van der Waals surface area (Å²) in [7, 11) is 4.08. The van der Waals surface area contributed by atoms with Gasteiger partial charge in [0.2, 0.25) is 5.82 Å². The minimum absolute atomic E-state index is 0.191. The van der Waals surface area contributed by atoms with Crippen molar-refractivity contribution in [1.29, 1.82) is 0 Å². The number of H-pyrrole nitrogens is 1. The van der Waals surface area contributed by atoms with E-state index in [9.17, 15) is 4.79 Å². The van der Waals surface area contributed by atoms with Gasteiger partial charge in [-0.15, -0.1) is 5.10 Å². The fourth-order valence-corrected chi connectivity index (χ4v) is 2.23. The van der Waals surface area contributed by atoms with Gasteiger partial charge in [0, 0.05) is 18.5 Å². The zero-order chi connectivity index (χ0) is 14.7. The quantitative estimate of drug-likeness (QED) is 0.791. The Balaban J connectivity index is 1.85. The molecule has 0 saturated heterocycles. The van der Waals surface area contributed by atoms with Gasteiger partial charge in [0.05, 0.1) is 0 Å². The van der Waals surface area contributed by atoms with Crippen molar-refractivity contribution in [2.45, 2.75) is 45.1 Å². The Kier molecular flexibility index (Phi) is 4.75. The second kappa shape index (κ2) is 6.35. The van der Waals surface area contributed by atoms with Gasteiger partial charge in [0.1, 0.15) is 5.82 Å². The lowest BCUT2D eigenvalue weighted by Gasteiger charge is -2.25. The van der Waals surface area contributed by atoms with Crippen molar-refractivity contribution in [2.24, 2.45) is 5.92 Å². The maximum Gasteiger partial charge on any atom is 0.291 e. The number of nitrogens with one attached hydrogen (secondary N) is 2. The summed E-state index contributed by atoms with van der Waals surface area (Å²) in [5, 5.41) is 9.79. The first-order valence-corrected chi connectivity index (χ1v) is 7.34. The van der Waals surface area contributed by atoms with E-state index in [1.807, 2.05) is 14.1 Å². The van der Waals surface area contributed by atoms with E-state index in [0.29, 0.717) is 24.4 Å². The van der Waals surface area contributed by atoms with Gasteiger partial charge in [0.25, 0.3) is 5.91 Å². The van der Waals surface area contributed by atoms with E-state index in [4.69, 9.17) is 0 Å². The van der Waals surface area contributed by atoms with Crippen molar-refractivity contribution < 1.29 is 4.79 Å². The van der Waals surface area contributed by atoms with Crippen LogP contribution in [0.5, 0.6) is 0 Å². The molecule has 1 aliphatic carbocycles. The Labute approximate surface area is 120 Å². The van der Waals surface area contributed by atoms with Crippen LogP contribution in [0.2, 0.25) is 0 Å². The van der Waals surface area contributed by atoms with E-state index in [1.165, 1.54) is 0 Å². The Morgan fingerprint density at radius 2 is 2.15 bits per heavy atom. The van der Waals surface area contributed by atoms with Crippen LogP contribution >= 0.6 is 0 Å². The van der Waals surface area contributed by atoms with Crippen LogP contribution in [0.4, 0.5) is 0 Å². The monoisotopic (exact) mass is 279 g/mol. The number of carbonyl (C=O) groups excluding carboxylic acids is 1. The fourth-order valence-electron chi connectivity index (χ4n) is 2.23. The molecule has 112 valence electrons. The molecule has 1 aromatic rings. The van der Waals surface area contributed by atoms with Crippen LogP contribution in [0, 0.1) is 5.92 Å². The lowest BCUT2D eigenvalue weighted by molar-refractivity contribution is 0.0928. The molecule has 1 aromatic heterocycles. The maximum absolute atomic E-state index is 12.0. The number of amides is 1. The summed E-state index contributed by atoms with van der Waals surface area (Å²) in [6, 6.07) is 0.334. The average Bonchev–Trinajstić information content (AvgIpc) is 3.11. The number of carbonyl (C=O) groups is 1. The summed E-state index contributed by atoms with van der Waals surface area (Å²) >= 11 is 0. The molecule has 1 aliphatic rings. The summed E-state index contributed by atoms with van der Waals surface area (Å²) < 4.78 is 0. The molecule has 6 nitrogen and oxygen atoms in total. The minimum Gasteiger partial charge on any atom is -0.348 e. The van der Waals surface area contributed by atoms with Crippen LogP contribution in [-0.4, -0.2) is 52.7 Å². The lowest BCUT2D eigenvalue weighted by Crippen LogP contribution is -2.41. The van der Waals surface area contributed by atoms with Crippen LogP contribution in [0.15, 0.2) is 0 Å². The molecule has 20 heavy (non-hydrogen) atoms. The van der Waals surface area contributed by atoms with E-state index in [0.717, 1.165) is 25.1 Å². The molecule has 0 aliphatic heterocycles. The molecule has 1 amide bonds. The maximum atomic E-state index is 12.0. The van der Waals surface area contributed by atoms with Gasteiger partial charge >= 0.3 is 0 Å². The SMILES string of the molecule is CC(C)CC(CNC(=O)c1n[nH]c(C2CC2)n1)N(C)C. The fraction of sp³-hybridized carbons (Fsp3) is 0.786. The van der Waals surface area contributed by atoms with Crippen LogP contribution in [0.25, 0.3) is 0 Å². The Hall–Kier alpha value is -1.43. The summed E-state index contributed by atoms with van der Waals surface area (Å²) in [5.41, 5.74) is 0. The average molecular weight is 279 g/mol. The van der Waals surface area contributed by atoms with Crippen molar-refractivity contribution in [3.8, 4) is 0 Å². The molecule has 1 unspecified atom stereocenters. The van der Waals surface area contributed by atoms with Gasteiger partial charge in [-0.3, -0.25) is 9.89 Å². The Morgan fingerprint density at radius 3 is 2.70 bits per heavy atom. The van der Waals surface area contributed by atoms with Gasteiger partial charge in [-0.05, 0) is 39.3 Å². The molecule has 1 atom stereocenters. The summed E-state index contributed by atoms with van der Waals surface area (Å²) in [6.07, 6.45) is 3.34. The van der Waals surface area contributed by atoms with Crippen molar-refractivity contribution in [1.82, 2.24) is 25.4 Å². The minimum atomic E-state index is -0.191. The number of hydrogen-bond acceptors (Lipinski definition) is 4. The molecule has 2 N–H and O–H groups in total. The van der Waals surface area contributed by atoms with E-state index >= 15 is 0 Å². The smallest absolute Gasteiger partial charge is 0.291 e. The van der Waals surface area contributed by atoms with Gasteiger partial charge in [-0.2, -0.15) is 0 Å². The van der Waals surface area contributed by atoms with E-state index in [-0.39, 0.29) is 11.7 Å². The van der Waals surface area contributed by atoms with Gasteiger partial charge in [0.15, 0.2) is 0 Å². The first-order chi connectivity index (χ1) is 9.47. The highest BCUT2D eigenvalue weighted by atomic mass is 16.2. The molecule has 1 heterocycles. The normalized spacial score (nSPS) is 16.7.